The van der Waals surface area contributed by atoms with Crippen LogP contribution < -0.4 is 10.2 Å². The second kappa shape index (κ2) is 4.68. The van der Waals surface area contributed by atoms with Gasteiger partial charge in [0.1, 0.15) is 5.54 Å². The quantitative estimate of drug-likeness (QED) is 0.887. The molecule has 0 saturated heterocycles. The van der Waals surface area contributed by atoms with Crippen LogP contribution in [0.3, 0.4) is 0 Å². The number of hydrogen-bond acceptors (Lipinski definition) is 2. The van der Waals surface area contributed by atoms with Crippen LogP contribution in [0.5, 0.6) is 0 Å². The lowest BCUT2D eigenvalue weighted by Gasteiger charge is -2.34. The Labute approximate surface area is 113 Å². The first-order valence-corrected chi connectivity index (χ1v) is 6.66. The minimum Gasteiger partial charge on any atom is -0.338 e. The first-order valence-electron chi connectivity index (χ1n) is 6.66. The maximum absolute atomic E-state index is 12.8. The first-order chi connectivity index (χ1) is 8.90. The van der Waals surface area contributed by atoms with Crippen molar-refractivity contribution < 1.29 is 9.59 Å². The summed E-state index contributed by atoms with van der Waals surface area (Å²) in [5.74, 6) is -0.236. The molecule has 0 aromatic heterocycles. The zero-order valence-corrected chi connectivity index (χ0v) is 11.9. The van der Waals surface area contributed by atoms with E-state index in [2.05, 4.69) is 5.32 Å². The van der Waals surface area contributed by atoms with E-state index < -0.39 is 5.54 Å². The zero-order chi connectivity index (χ0) is 14.2. The minimum absolute atomic E-state index is 0.00669. The second-order valence-electron chi connectivity index (χ2n) is 5.43. The van der Waals surface area contributed by atoms with Crippen LogP contribution in [-0.2, 0) is 4.79 Å². The summed E-state index contributed by atoms with van der Waals surface area (Å²) in [5.41, 5.74) is 0.402. The molecular formula is C15H20N2O2. The summed E-state index contributed by atoms with van der Waals surface area (Å²) in [6, 6.07) is 7.26. The lowest BCUT2D eigenvalue weighted by Crippen LogP contribution is -2.57. The number of nitrogens with one attached hydrogen (secondary N) is 1. The molecule has 1 aromatic rings. The number of nitrogens with zero attached hydrogens (tertiary/aromatic N) is 1. The monoisotopic (exact) mass is 260 g/mol. The SMILES string of the molecule is CCC1(C)NC(=O)c2ccccc2N(C(C)C)C1=O. The zero-order valence-electron chi connectivity index (χ0n) is 11.9. The van der Waals surface area contributed by atoms with Crippen molar-refractivity contribution in [1.82, 2.24) is 5.32 Å². The number of fused-ring (bicyclic) bond motifs is 1. The average molecular weight is 260 g/mol. The van der Waals surface area contributed by atoms with E-state index in [0.29, 0.717) is 17.7 Å². The molecule has 4 nitrogen and oxygen atoms in total. The van der Waals surface area contributed by atoms with Crippen molar-refractivity contribution in [3.05, 3.63) is 29.8 Å². The maximum Gasteiger partial charge on any atom is 0.254 e. The Morgan fingerprint density at radius 1 is 1.26 bits per heavy atom. The van der Waals surface area contributed by atoms with Crippen LogP contribution in [0, 0.1) is 0 Å². The molecule has 1 unspecified atom stereocenters. The molecule has 0 fully saturated rings. The third-order valence-electron chi connectivity index (χ3n) is 3.71. The van der Waals surface area contributed by atoms with Gasteiger partial charge in [0.25, 0.3) is 11.8 Å². The van der Waals surface area contributed by atoms with Crippen molar-refractivity contribution in [2.75, 3.05) is 4.90 Å². The molecule has 0 radical (unpaired) electrons. The molecule has 0 saturated carbocycles. The number of amides is 2. The number of hydrogen-bond donors (Lipinski definition) is 1. The molecule has 0 bridgehead atoms. The lowest BCUT2D eigenvalue weighted by molar-refractivity contribution is -0.124. The van der Waals surface area contributed by atoms with Gasteiger partial charge in [-0.2, -0.15) is 0 Å². The third-order valence-corrected chi connectivity index (χ3v) is 3.71. The van der Waals surface area contributed by atoms with Crippen LogP contribution >= 0.6 is 0 Å². The van der Waals surface area contributed by atoms with Gasteiger partial charge in [-0.25, -0.2) is 0 Å². The smallest absolute Gasteiger partial charge is 0.254 e. The predicted molar refractivity (Wildman–Crippen MR) is 75.2 cm³/mol. The standard InChI is InChI=1S/C15H20N2O2/c1-5-15(4)14(19)17(10(2)3)12-9-7-6-8-11(12)13(18)16-15/h6-10H,5H2,1-4H3,(H,16,18). The number of anilines is 1. The predicted octanol–water partition coefficient (Wildman–Crippen LogP) is 2.34. The molecule has 1 aromatic carbocycles. The number of rotatable bonds is 2. The fourth-order valence-electron chi connectivity index (χ4n) is 2.37. The molecule has 0 aliphatic carbocycles. The van der Waals surface area contributed by atoms with Gasteiger partial charge in [-0.15, -0.1) is 0 Å². The first kappa shape index (κ1) is 13.6. The van der Waals surface area contributed by atoms with Gasteiger partial charge in [-0.05, 0) is 39.3 Å². The van der Waals surface area contributed by atoms with Crippen molar-refractivity contribution in [3.63, 3.8) is 0 Å². The van der Waals surface area contributed by atoms with Crippen molar-refractivity contribution in [1.29, 1.82) is 0 Å². The fourth-order valence-corrected chi connectivity index (χ4v) is 2.37. The summed E-state index contributed by atoms with van der Waals surface area (Å²) >= 11 is 0. The van der Waals surface area contributed by atoms with E-state index in [0.717, 1.165) is 0 Å². The molecule has 1 atom stereocenters. The Hall–Kier alpha value is -1.84. The number of benzene rings is 1. The van der Waals surface area contributed by atoms with Gasteiger partial charge in [-0.1, -0.05) is 19.1 Å². The molecule has 19 heavy (non-hydrogen) atoms. The van der Waals surface area contributed by atoms with E-state index in [1.807, 2.05) is 39.0 Å². The number of para-hydroxylation sites is 1. The van der Waals surface area contributed by atoms with Gasteiger partial charge in [0.05, 0.1) is 11.3 Å². The van der Waals surface area contributed by atoms with Gasteiger partial charge in [0, 0.05) is 6.04 Å². The minimum atomic E-state index is -0.847. The average Bonchev–Trinajstić information content (AvgIpc) is 2.46. The molecule has 1 aliphatic heterocycles. The van der Waals surface area contributed by atoms with Crippen molar-refractivity contribution in [2.45, 2.75) is 45.7 Å². The molecule has 1 aliphatic rings. The van der Waals surface area contributed by atoms with E-state index in [9.17, 15) is 9.59 Å². The molecule has 0 spiro atoms. The number of carbonyl (C=O) groups is 2. The summed E-state index contributed by atoms with van der Waals surface area (Å²) in [4.78, 5) is 26.8. The summed E-state index contributed by atoms with van der Waals surface area (Å²) < 4.78 is 0. The van der Waals surface area contributed by atoms with E-state index in [4.69, 9.17) is 0 Å². The maximum atomic E-state index is 12.8. The molecule has 2 amide bonds. The Morgan fingerprint density at radius 3 is 2.47 bits per heavy atom. The van der Waals surface area contributed by atoms with Crippen LogP contribution in [0.25, 0.3) is 0 Å². The highest BCUT2D eigenvalue weighted by molar-refractivity contribution is 6.12. The van der Waals surface area contributed by atoms with Gasteiger partial charge in [0.15, 0.2) is 0 Å². The van der Waals surface area contributed by atoms with E-state index in [1.165, 1.54) is 0 Å². The Kier molecular flexibility index (Phi) is 3.35. The van der Waals surface area contributed by atoms with Crippen molar-refractivity contribution in [3.8, 4) is 0 Å². The molecule has 1 N–H and O–H groups in total. The Balaban J connectivity index is 2.64. The molecule has 1 heterocycles. The van der Waals surface area contributed by atoms with Crippen molar-refractivity contribution >= 4 is 17.5 Å². The Bertz CT molecular complexity index is 525. The summed E-state index contributed by atoms with van der Waals surface area (Å²) in [5, 5.41) is 2.87. The highest BCUT2D eigenvalue weighted by atomic mass is 16.2. The van der Waals surface area contributed by atoms with Gasteiger partial charge in [-0.3, -0.25) is 9.59 Å². The normalized spacial score (nSPS) is 23.1. The Morgan fingerprint density at radius 2 is 1.89 bits per heavy atom. The van der Waals surface area contributed by atoms with E-state index in [1.54, 1.807) is 17.9 Å². The molecule has 2 rings (SSSR count). The van der Waals surface area contributed by atoms with Crippen molar-refractivity contribution in [2.24, 2.45) is 0 Å². The summed E-state index contributed by atoms with van der Waals surface area (Å²) in [6.07, 6.45) is 0.564. The molecular weight excluding hydrogens is 240 g/mol. The lowest BCUT2D eigenvalue weighted by atomic mass is 9.96. The van der Waals surface area contributed by atoms with Crippen LogP contribution in [0.1, 0.15) is 44.5 Å². The third kappa shape index (κ3) is 2.11. The van der Waals surface area contributed by atoms with Crippen LogP contribution in [0.4, 0.5) is 5.69 Å². The van der Waals surface area contributed by atoms with Crippen LogP contribution in [0.2, 0.25) is 0 Å². The number of carbonyl (C=O) groups excluding carboxylic acids is 2. The van der Waals surface area contributed by atoms with E-state index in [-0.39, 0.29) is 17.9 Å². The van der Waals surface area contributed by atoms with Gasteiger partial charge in [0.2, 0.25) is 0 Å². The fraction of sp³-hybridized carbons (Fsp3) is 0.467. The van der Waals surface area contributed by atoms with Crippen LogP contribution in [0.15, 0.2) is 24.3 Å². The van der Waals surface area contributed by atoms with Gasteiger partial charge >= 0.3 is 0 Å². The van der Waals surface area contributed by atoms with E-state index >= 15 is 0 Å². The van der Waals surface area contributed by atoms with Crippen LogP contribution in [-0.4, -0.2) is 23.4 Å². The second-order valence-corrected chi connectivity index (χ2v) is 5.43. The highest BCUT2D eigenvalue weighted by Gasteiger charge is 2.42. The summed E-state index contributed by atoms with van der Waals surface area (Å²) in [7, 11) is 0. The van der Waals surface area contributed by atoms with Gasteiger partial charge < -0.3 is 10.2 Å². The summed E-state index contributed by atoms with van der Waals surface area (Å²) in [6.45, 7) is 7.61. The highest BCUT2D eigenvalue weighted by Crippen LogP contribution is 2.30. The largest absolute Gasteiger partial charge is 0.338 e. The molecule has 102 valence electrons. The molecule has 4 heteroatoms. The topological polar surface area (TPSA) is 49.4 Å².